The third-order valence-electron chi connectivity index (χ3n) is 2.82. The van der Waals surface area contributed by atoms with E-state index in [4.69, 9.17) is 9.84 Å². The van der Waals surface area contributed by atoms with Crippen LogP contribution < -0.4 is 10.1 Å². The summed E-state index contributed by atoms with van der Waals surface area (Å²) in [5.41, 5.74) is 0.831. The van der Waals surface area contributed by atoms with E-state index in [1.807, 2.05) is 36.4 Å². The fourth-order valence-electron chi connectivity index (χ4n) is 1.79. The summed E-state index contributed by atoms with van der Waals surface area (Å²) in [6.45, 7) is -1.44. The Kier molecular flexibility index (Phi) is 5.25. The molecule has 21 heavy (non-hydrogen) atoms. The third kappa shape index (κ3) is 5.13. The van der Waals surface area contributed by atoms with E-state index < -0.39 is 19.1 Å². The van der Waals surface area contributed by atoms with Crippen molar-refractivity contribution in [2.75, 3.05) is 13.2 Å². The zero-order chi connectivity index (χ0) is 15.1. The van der Waals surface area contributed by atoms with E-state index in [0.717, 1.165) is 11.3 Å². The largest absolute Gasteiger partial charge is 0.457 e. The van der Waals surface area contributed by atoms with Gasteiger partial charge in [-0.2, -0.15) is 0 Å². The highest BCUT2D eigenvalue weighted by atomic mass is 19.3. The van der Waals surface area contributed by atoms with E-state index in [2.05, 4.69) is 5.32 Å². The van der Waals surface area contributed by atoms with E-state index >= 15 is 0 Å². The minimum absolute atomic E-state index is 0.279. The number of hydrogen-bond acceptors (Lipinski definition) is 3. The SMILES string of the molecule is OCC(F)(F)CNCc1cccc(Oc2ccccc2)c1. The molecule has 3 nitrogen and oxygen atoms in total. The van der Waals surface area contributed by atoms with Crippen LogP contribution >= 0.6 is 0 Å². The Bertz CT molecular complexity index is 561. The number of alkyl halides is 2. The van der Waals surface area contributed by atoms with Gasteiger partial charge in [-0.3, -0.25) is 0 Å². The van der Waals surface area contributed by atoms with Crippen molar-refractivity contribution in [3.05, 3.63) is 60.2 Å². The molecule has 0 aliphatic heterocycles. The average Bonchev–Trinajstić information content (AvgIpc) is 2.48. The zero-order valence-corrected chi connectivity index (χ0v) is 11.4. The molecule has 2 aromatic carbocycles. The molecular formula is C16H17F2NO2. The van der Waals surface area contributed by atoms with Gasteiger partial charge in [0, 0.05) is 6.54 Å². The second-order valence-electron chi connectivity index (χ2n) is 4.68. The maximum atomic E-state index is 12.9. The molecule has 0 atom stereocenters. The molecule has 0 saturated heterocycles. The van der Waals surface area contributed by atoms with Crippen molar-refractivity contribution < 1.29 is 18.6 Å². The van der Waals surface area contributed by atoms with Gasteiger partial charge in [-0.25, -0.2) is 8.78 Å². The molecule has 0 unspecified atom stereocenters. The molecule has 112 valence electrons. The van der Waals surface area contributed by atoms with Crippen molar-refractivity contribution in [1.29, 1.82) is 0 Å². The lowest BCUT2D eigenvalue weighted by molar-refractivity contribution is -0.0477. The Balaban J connectivity index is 1.92. The molecule has 0 bridgehead atoms. The van der Waals surface area contributed by atoms with Crippen LogP contribution in [0.1, 0.15) is 5.56 Å². The summed E-state index contributed by atoms with van der Waals surface area (Å²) in [6.07, 6.45) is 0. The summed E-state index contributed by atoms with van der Waals surface area (Å²) in [4.78, 5) is 0. The van der Waals surface area contributed by atoms with E-state index in [1.165, 1.54) is 0 Å². The summed E-state index contributed by atoms with van der Waals surface area (Å²) in [7, 11) is 0. The summed E-state index contributed by atoms with van der Waals surface area (Å²) < 4.78 is 31.4. The summed E-state index contributed by atoms with van der Waals surface area (Å²) in [5, 5.41) is 11.1. The first-order chi connectivity index (χ1) is 10.1. The normalized spacial score (nSPS) is 11.4. The van der Waals surface area contributed by atoms with Gasteiger partial charge in [-0.1, -0.05) is 30.3 Å². The predicted octanol–water partition coefficient (Wildman–Crippen LogP) is 3.20. The number of aliphatic hydroxyl groups excluding tert-OH is 1. The molecule has 0 aromatic heterocycles. The highest BCUT2D eigenvalue weighted by Crippen LogP contribution is 2.21. The number of ether oxygens (including phenoxy) is 1. The zero-order valence-electron chi connectivity index (χ0n) is 11.4. The first-order valence-corrected chi connectivity index (χ1v) is 6.60. The summed E-state index contributed by atoms with van der Waals surface area (Å²) >= 11 is 0. The molecule has 0 amide bonds. The van der Waals surface area contributed by atoms with Gasteiger partial charge in [0.05, 0.1) is 6.54 Å². The Labute approximate surface area is 122 Å². The number of nitrogens with one attached hydrogen (secondary N) is 1. The van der Waals surface area contributed by atoms with Crippen molar-refractivity contribution in [3.63, 3.8) is 0 Å². The van der Waals surface area contributed by atoms with Crippen LogP contribution in [-0.4, -0.2) is 24.2 Å². The van der Waals surface area contributed by atoms with Gasteiger partial charge in [0.1, 0.15) is 18.1 Å². The van der Waals surface area contributed by atoms with E-state index in [1.54, 1.807) is 18.2 Å². The molecule has 0 aliphatic carbocycles. The molecule has 2 N–H and O–H groups in total. The van der Waals surface area contributed by atoms with Crippen LogP contribution in [0.4, 0.5) is 8.78 Å². The molecule has 2 rings (SSSR count). The van der Waals surface area contributed by atoms with Crippen LogP contribution in [0.15, 0.2) is 54.6 Å². The molecular weight excluding hydrogens is 276 g/mol. The lowest BCUT2D eigenvalue weighted by Gasteiger charge is -2.14. The Morgan fingerprint density at radius 1 is 1.00 bits per heavy atom. The Morgan fingerprint density at radius 3 is 2.43 bits per heavy atom. The second-order valence-corrected chi connectivity index (χ2v) is 4.68. The maximum absolute atomic E-state index is 12.9. The summed E-state index contributed by atoms with van der Waals surface area (Å²) in [6, 6.07) is 16.5. The average molecular weight is 293 g/mol. The first kappa shape index (κ1) is 15.4. The predicted molar refractivity (Wildman–Crippen MR) is 76.7 cm³/mol. The quantitative estimate of drug-likeness (QED) is 0.823. The molecule has 0 saturated carbocycles. The van der Waals surface area contributed by atoms with E-state index in [9.17, 15) is 8.78 Å². The number of hydrogen-bond donors (Lipinski definition) is 2. The monoisotopic (exact) mass is 293 g/mol. The van der Waals surface area contributed by atoms with Crippen LogP contribution in [0.2, 0.25) is 0 Å². The minimum atomic E-state index is -3.10. The van der Waals surface area contributed by atoms with Crippen molar-refractivity contribution >= 4 is 0 Å². The van der Waals surface area contributed by atoms with Gasteiger partial charge in [0.25, 0.3) is 5.92 Å². The highest BCUT2D eigenvalue weighted by Gasteiger charge is 2.26. The molecule has 0 spiro atoms. The number of benzene rings is 2. The molecule has 5 heteroatoms. The minimum Gasteiger partial charge on any atom is -0.457 e. The fourth-order valence-corrected chi connectivity index (χ4v) is 1.79. The lowest BCUT2D eigenvalue weighted by atomic mass is 10.2. The van der Waals surface area contributed by atoms with Crippen LogP contribution in [-0.2, 0) is 6.54 Å². The van der Waals surface area contributed by atoms with E-state index in [0.29, 0.717) is 5.75 Å². The van der Waals surface area contributed by atoms with Crippen LogP contribution in [0.25, 0.3) is 0 Å². The number of para-hydroxylation sites is 1. The first-order valence-electron chi connectivity index (χ1n) is 6.60. The third-order valence-corrected chi connectivity index (χ3v) is 2.82. The van der Waals surface area contributed by atoms with Gasteiger partial charge in [-0.05, 0) is 29.8 Å². The Hall–Kier alpha value is -1.98. The second kappa shape index (κ2) is 7.15. The highest BCUT2D eigenvalue weighted by molar-refractivity contribution is 5.33. The number of aliphatic hydroxyl groups is 1. The van der Waals surface area contributed by atoms with Crippen molar-refractivity contribution in [1.82, 2.24) is 5.32 Å². The maximum Gasteiger partial charge on any atom is 0.282 e. The number of halogens is 2. The van der Waals surface area contributed by atoms with Crippen molar-refractivity contribution in [2.45, 2.75) is 12.5 Å². The topological polar surface area (TPSA) is 41.5 Å². The Morgan fingerprint density at radius 2 is 1.71 bits per heavy atom. The molecule has 0 radical (unpaired) electrons. The van der Waals surface area contributed by atoms with Gasteiger partial charge in [0.15, 0.2) is 0 Å². The molecule has 0 heterocycles. The smallest absolute Gasteiger partial charge is 0.282 e. The van der Waals surface area contributed by atoms with Gasteiger partial charge in [-0.15, -0.1) is 0 Å². The van der Waals surface area contributed by atoms with Crippen LogP contribution in [0.3, 0.4) is 0 Å². The number of rotatable bonds is 7. The standard InChI is InChI=1S/C16H17F2NO2/c17-16(18,12-20)11-19-10-13-5-4-8-15(9-13)21-14-6-2-1-3-7-14/h1-9,19-20H,10-12H2. The summed E-state index contributed by atoms with van der Waals surface area (Å²) in [5.74, 6) is -1.73. The van der Waals surface area contributed by atoms with Crippen LogP contribution in [0.5, 0.6) is 11.5 Å². The lowest BCUT2D eigenvalue weighted by Crippen LogP contribution is -2.35. The van der Waals surface area contributed by atoms with Crippen molar-refractivity contribution in [2.24, 2.45) is 0 Å². The van der Waals surface area contributed by atoms with Gasteiger partial charge < -0.3 is 15.2 Å². The van der Waals surface area contributed by atoms with Gasteiger partial charge in [0.2, 0.25) is 0 Å². The fraction of sp³-hybridized carbons (Fsp3) is 0.250. The van der Waals surface area contributed by atoms with Crippen LogP contribution in [0, 0.1) is 0 Å². The van der Waals surface area contributed by atoms with Crippen molar-refractivity contribution in [3.8, 4) is 11.5 Å². The molecule has 0 fully saturated rings. The van der Waals surface area contributed by atoms with E-state index in [-0.39, 0.29) is 6.54 Å². The molecule has 2 aromatic rings. The molecule has 0 aliphatic rings. The van der Waals surface area contributed by atoms with Gasteiger partial charge >= 0.3 is 0 Å².